The summed E-state index contributed by atoms with van der Waals surface area (Å²) in [5.41, 5.74) is 0. The molecule has 0 aromatic rings. The molecule has 110 valence electrons. The average molecular weight is 270 g/mol. The van der Waals surface area contributed by atoms with Crippen molar-refractivity contribution in [1.29, 1.82) is 0 Å². The van der Waals surface area contributed by atoms with Crippen molar-refractivity contribution in [3.63, 3.8) is 0 Å². The zero-order valence-electron chi connectivity index (χ0n) is 12.2. The number of urea groups is 1. The zero-order chi connectivity index (χ0) is 14.3. The molecule has 0 aromatic carbocycles. The Hall–Kier alpha value is -1.14. The molecule has 1 atom stereocenters. The Morgan fingerprint density at radius 1 is 1.42 bits per heavy atom. The number of amides is 3. The number of carbonyl (C=O) groups excluding carboxylic acids is 2. The number of imide groups is 1. The van der Waals surface area contributed by atoms with Crippen molar-refractivity contribution in [2.24, 2.45) is 5.92 Å². The van der Waals surface area contributed by atoms with E-state index in [1.165, 1.54) is 6.42 Å². The predicted octanol–water partition coefficient (Wildman–Crippen LogP) is 0.152. The summed E-state index contributed by atoms with van der Waals surface area (Å²) in [6.45, 7) is 6.71. The first kappa shape index (κ1) is 15.9. The standard InChI is InChI=1S/C13H26N4O2/c1-10(2)7-15-13(19)16-12(18)9-17(3)8-11-5-4-6-14-11/h10-11,14H,4-9H2,1-3H3,(H2,15,16,18,19). The molecule has 3 amide bonds. The third-order valence-corrected chi connectivity index (χ3v) is 3.03. The van der Waals surface area contributed by atoms with E-state index in [-0.39, 0.29) is 12.5 Å². The van der Waals surface area contributed by atoms with Crippen LogP contribution in [0.5, 0.6) is 0 Å². The number of nitrogens with one attached hydrogen (secondary N) is 3. The van der Waals surface area contributed by atoms with Gasteiger partial charge in [0.1, 0.15) is 0 Å². The van der Waals surface area contributed by atoms with Gasteiger partial charge >= 0.3 is 6.03 Å². The Bertz CT molecular complexity index is 301. The molecule has 3 N–H and O–H groups in total. The smallest absolute Gasteiger partial charge is 0.321 e. The summed E-state index contributed by atoms with van der Waals surface area (Å²) in [6.07, 6.45) is 2.35. The van der Waals surface area contributed by atoms with Crippen LogP contribution < -0.4 is 16.0 Å². The lowest BCUT2D eigenvalue weighted by Gasteiger charge is -2.20. The van der Waals surface area contributed by atoms with Crippen molar-refractivity contribution in [3.8, 4) is 0 Å². The van der Waals surface area contributed by atoms with Gasteiger partial charge in [-0.25, -0.2) is 4.79 Å². The van der Waals surface area contributed by atoms with Crippen molar-refractivity contribution in [1.82, 2.24) is 20.9 Å². The highest BCUT2D eigenvalue weighted by molar-refractivity contribution is 5.95. The monoisotopic (exact) mass is 270 g/mol. The van der Waals surface area contributed by atoms with Crippen LogP contribution in [0.3, 0.4) is 0 Å². The molecule has 6 nitrogen and oxygen atoms in total. The van der Waals surface area contributed by atoms with Crippen LogP contribution in [0.25, 0.3) is 0 Å². The highest BCUT2D eigenvalue weighted by atomic mass is 16.2. The number of carbonyl (C=O) groups is 2. The van der Waals surface area contributed by atoms with E-state index in [4.69, 9.17) is 0 Å². The van der Waals surface area contributed by atoms with E-state index in [0.29, 0.717) is 18.5 Å². The van der Waals surface area contributed by atoms with E-state index in [1.54, 1.807) is 0 Å². The minimum Gasteiger partial charge on any atom is -0.338 e. The van der Waals surface area contributed by atoms with Crippen LogP contribution in [0, 0.1) is 5.92 Å². The molecule has 1 aliphatic rings. The zero-order valence-corrected chi connectivity index (χ0v) is 12.2. The van der Waals surface area contributed by atoms with Crippen LogP contribution in [0.15, 0.2) is 0 Å². The molecule has 0 radical (unpaired) electrons. The molecule has 0 saturated carbocycles. The van der Waals surface area contributed by atoms with Crippen molar-refractivity contribution in [3.05, 3.63) is 0 Å². The molecular weight excluding hydrogens is 244 g/mol. The lowest BCUT2D eigenvalue weighted by molar-refractivity contribution is -0.120. The fraction of sp³-hybridized carbons (Fsp3) is 0.846. The van der Waals surface area contributed by atoms with Crippen molar-refractivity contribution in [2.45, 2.75) is 32.7 Å². The maximum atomic E-state index is 11.6. The number of hydrogen-bond acceptors (Lipinski definition) is 4. The summed E-state index contributed by atoms with van der Waals surface area (Å²) in [7, 11) is 1.89. The van der Waals surface area contributed by atoms with Gasteiger partial charge in [0.15, 0.2) is 0 Å². The summed E-state index contributed by atoms with van der Waals surface area (Å²) in [4.78, 5) is 25.0. The van der Waals surface area contributed by atoms with Gasteiger partial charge in [-0.3, -0.25) is 15.0 Å². The minimum atomic E-state index is -0.411. The molecule has 6 heteroatoms. The lowest BCUT2D eigenvalue weighted by Crippen LogP contribution is -2.46. The summed E-state index contributed by atoms with van der Waals surface area (Å²) >= 11 is 0. The van der Waals surface area contributed by atoms with Gasteiger partial charge in [0.25, 0.3) is 0 Å². The van der Waals surface area contributed by atoms with Gasteiger partial charge in [-0.05, 0) is 32.4 Å². The Balaban J connectivity index is 2.16. The minimum absolute atomic E-state index is 0.243. The Kier molecular flexibility index (Phi) is 6.80. The quantitative estimate of drug-likeness (QED) is 0.642. The van der Waals surface area contributed by atoms with Crippen LogP contribution in [-0.2, 0) is 4.79 Å². The van der Waals surface area contributed by atoms with E-state index < -0.39 is 6.03 Å². The van der Waals surface area contributed by atoms with Crippen LogP contribution in [0.2, 0.25) is 0 Å². The second-order valence-electron chi connectivity index (χ2n) is 5.64. The van der Waals surface area contributed by atoms with Gasteiger partial charge in [-0.2, -0.15) is 0 Å². The maximum Gasteiger partial charge on any atom is 0.321 e. The van der Waals surface area contributed by atoms with Crippen molar-refractivity contribution in [2.75, 3.05) is 33.2 Å². The lowest BCUT2D eigenvalue weighted by atomic mass is 10.2. The summed E-state index contributed by atoms with van der Waals surface area (Å²) in [6, 6.07) is 0.0543. The first-order valence-electron chi connectivity index (χ1n) is 6.97. The van der Waals surface area contributed by atoms with Gasteiger partial charge < -0.3 is 10.6 Å². The molecule has 0 spiro atoms. The number of rotatable bonds is 6. The molecule has 1 aliphatic heterocycles. The van der Waals surface area contributed by atoms with E-state index >= 15 is 0 Å². The van der Waals surface area contributed by atoms with Crippen LogP contribution >= 0.6 is 0 Å². The topological polar surface area (TPSA) is 73.5 Å². The summed E-state index contributed by atoms with van der Waals surface area (Å²) in [5.74, 6) is 0.110. The number of likely N-dealkylation sites (N-methyl/N-ethyl adjacent to an activating group) is 1. The number of hydrogen-bond donors (Lipinski definition) is 3. The molecule has 1 saturated heterocycles. The molecule has 0 aliphatic carbocycles. The second-order valence-corrected chi connectivity index (χ2v) is 5.64. The van der Waals surface area contributed by atoms with E-state index in [1.807, 2.05) is 25.8 Å². The Morgan fingerprint density at radius 3 is 2.74 bits per heavy atom. The summed E-state index contributed by atoms with van der Waals surface area (Å²) in [5, 5.41) is 8.38. The highest BCUT2D eigenvalue weighted by Gasteiger charge is 2.17. The first-order chi connectivity index (χ1) is 8.97. The van der Waals surface area contributed by atoms with Gasteiger partial charge in [-0.15, -0.1) is 0 Å². The number of nitrogens with zero attached hydrogens (tertiary/aromatic N) is 1. The Morgan fingerprint density at radius 2 is 2.16 bits per heavy atom. The molecule has 0 aromatic heterocycles. The molecule has 1 rings (SSSR count). The van der Waals surface area contributed by atoms with Crippen LogP contribution in [0.4, 0.5) is 4.79 Å². The van der Waals surface area contributed by atoms with Gasteiger partial charge in [0.05, 0.1) is 6.54 Å². The van der Waals surface area contributed by atoms with Crippen molar-refractivity contribution < 1.29 is 9.59 Å². The molecule has 1 unspecified atom stereocenters. The largest absolute Gasteiger partial charge is 0.338 e. The van der Waals surface area contributed by atoms with Gasteiger partial charge in [0.2, 0.25) is 5.91 Å². The molecular formula is C13H26N4O2. The summed E-state index contributed by atoms with van der Waals surface area (Å²) < 4.78 is 0. The third-order valence-electron chi connectivity index (χ3n) is 3.03. The molecule has 19 heavy (non-hydrogen) atoms. The first-order valence-corrected chi connectivity index (χ1v) is 6.97. The van der Waals surface area contributed by atoms with Gasteiger partial charge in [-0.1, -0.05) is 13.8 Å². The molecule has 1 heterocycles. The second kappa shape index (κ2) is 8.12. The molecule has 1 fully saturated rings. The highest BCUT2D eigenvalue weighted by Crippen LogP contribution is 2.05. The Labute approximate surface area is 115 Å². The fourth-order valence-electron chi connectivity index (χ4n) is 2.11. The van der Waals surface area contributed by atoms with E-state index in [2.05, 4.69) is 16.0 Å². The maximum absolute atomic E-state index is 11.6. The van der Waals surface area contributed by atoms with Gasteiger partial charge in [0, 0.05) is 19.1 Å². The SMILES string of the molecule is CC(C)CNC(=O)NC(=O)CN(C)CC1CCCN1. The van der Waals surface area contributed by atoms with E-state index in [9.17, 15) is 9.59 Å². The predicted molar refractivity (Wildman–Crippen MR) is 74.9 cm³/mol. The van der Waals surface area contributed by atoms with Crippen LogP contribution in [-0.4, -0.2) is 56.1 Å². The molecule has 0 bridgehead atoms. The fourth-order valence-corrected chi connectivity index (χ4v) is 2.11. The average Bonchev–Trinajstić information content (AvgIpc) is 2.78. The van der Waals surface area contributed by atoms with Crippen LogP contribution in [0.1, 0.15) is 26.7 Å². The normalized spacial score (nSPS) is 18.9. The van der Waals surface area contributed by atoms with Crippen molar-refractivity contribution >= 4 is 11.9 Å². The van der Waals surface area contributed by atoms with E-state index in [0.717, 1.165) is 19.5 Å². The third kappa shape index (κ3) is 7.12.